The number of amides is 1. The Labute approximate surface area is 94.5 Å². The molecule has 1 amide bonds. The minimum atomic E-state index is -0.499. The van der Waals surface area contributed by atoms with Gasteiger partial charge in [-0.1, -0.05) is 6.07 Å². The van der Waals surface area contributed by atoms with Crippen LogP contribution in [0.1, 0.15) is 12.5 Å². The summed E-state index contributed by atoms with van der Waals surface area (Å²) in [6.07, 6.45) is -0.499. The molecule has 0 bridgehead atoms. The summed E-state index contributed by atoms with van der Waals surface area (Å²) < 4.78 is 9.91. The van der Waals surface area contributed by atoms with Crippen LogP contribution in [-0.4, -0.2) is 19.8 Å². The van der Waals surface area contributed by atoms with Gasteiger partial charge in [0.05, 0.1) is 19.4 Å². The van der Waals surface area contributed by atoms with Gasteiger partial charge in [0.15, 0.2) is 0 Å². The second kappa shape index (κ2) is 5.97. The van der Waals surface area contributed by atoms with Gasteiger partial charge in [-0.15, -0.1) is 0 Å². The van der Waals surface area contributed by atoms with Crippen LogP contribution in [0.2, 0.25) is 0 Å². The number of benzene rings is 1. The topological polar surface area (TPSA) is 73.6 Å². The maximum Gasteiger partial charge on any atom is 0.411 e. The van der Waals surface area contributed by atoms with E-state index in [0.717, 1.165) is 5.56 Å². The quantitative estimate of drug-likeness (QED) is 0.816. The van der Waals surface area contributed by atoms with Gasteiger partial charge in [0.1, 0.15) is 5.75 Å². The zero-order valence-corrected chi connectivity index (χ0v) is 9.45. The lowest BCUT2D eigenvalue weighted by molar-refractivity contribution is 0.168. The minimum absolute atomic E-state index is 0.328. The van der Waals surface area contributed by atoms with Gasteiger partial charge in [-0.25, -0.2) is 4.79 Å². The lowest BCUT2D eigenvalue weighted by Gasteiger charge is -2.11. The summed E-state index contributed by atoms with van der Waals surface area (Å²) in [5.74, 6) is 0.566. The first kappa shape index (κ1) is 12.3. The number of hydrogen-bond acceptors (Lipinski definition) is 4. The van der Waals surface area contributed by atoms with Gasteiger partial charge in [0, 0.05) is 6.54 Å². The van der Waals surface area contributed by atoms with Crippen LogP contribution in [0.5, 0.6) is 5.75 Å². The molecular weight excluding hydrogens is 208 g/mol. The van der Waals surface area contributed by atoms with Crippen molar-refractivity contribution in [1.29, 1.82) is 0 Å². The van der Waals surface area contributed by atoms with Crippen molar-refractivity contribution in [3.05, 3.63) is 23.8 Å². The van der Waals surface area contributed by atoms with Gasteiger partial charge in [-0.2, -0.15) is 0 Å². The molecule has 5 heteroatoms. The highest BCUT2D eigenvalue weighted by molar-refractivity contribution is 5.86. The Balaban J connectivity index is 2.83. The average Bonchev–Trinajstić information content (AvgIpc) is 2.30. The minimum Gasteiger partial charge on any atom is -0.495 e. The van der Waals surface area contributed by atoms with Crippen molar-refractivity contribution < 1.29 is 14.3 Å². The summed E-state index contributed by atoms with van der Waals surface area (Å²) in [6, 6.07) is 5.34. The maximum atomic E-state index is 11.2. The number of rotatable bonds is 4. The molecule has 0 heterocycles. The van der Waals surface area contributed by atoms with Crippen LogP contribution in [0.25, 0.3) is 0 Å². The van der Waals surface area contributed by atoms with E-state index in [0.29, 0.717) is 24.6 Å². The first-order valence-electron chi connectivity index (χ1n) is 5.02. The molecule has 0 spiro atoms. The molecule has 1 aromatic carbocycles. The van der Waals surface area contributed by atoms with E-state index in [4.69, 9.17) is 15.2 Å². The van der Waals surface area contributed by atoms with E-state index in [1.807, 2.05) is 6.07 Å². The summed E-state index contributed by atoms with van der Waals surface area (Å²) in [4.78, 5) is 11.2. The van der Waals surface area contributed by atoms with Crippen molar-refractivity contribution in [2.75, 3.05) is 19.0 Å². The molecular formula is C11H16N2O3. The molecule has 0 saturated carbocycles. The molecule has 0 radical (unpaired) electrons. The molecule has 88 valence electrons. The van der Waals surface area contributed by atoms with E-state index >= 15 is 0 Å². The Hall–Kier alpha value is -1.75. The SMILES string of the molecule is CCOC(=O)Nc1ccc(CN)cc1OC. The fraction of sp³-hybridized carbons (Fsp3) is 0.364. The monoisotopic (exact) mass is 224 g/mol. The maximum absolute atomic E-state index is 11.2. The largest absolute Gasteiger partial charge is 0.495 e. The van der Waals surface area contributed by atoms with Crippen LogP contribution in [0.15, 0.2) is 18.2 Å². The molecule has 5 nitrogen and oxygen atoms in total. The lowest BCUT2D eigenvalue weighted by Crippen LogP contribution is -2.14. The average molecular weight is 224 g/mol. The number of hydrogen-bond donors (Lipinski definition) is 2. The van der Waals surface area contributed by atoms with Crippen LogP contribution in [0.3, 0.4) is 0 Å². The van der Waals surface area contributed by atoms with E-state index in [1.165, 1.54) is 7.11 Å². The summed E-state index contributed by atoms with van der Waals surface area (Å²) >= 11 is 0. The second-order valence-electron chi connectivity index (χ2n) is 3.08. The van der Waals surface area contributed by atoms with Crippen LogP contribution >= 0.6 is 0 Å². The number of nitrogens with one attached hydrogen (secondary N) is 1. The number of anilines is 1. The lowest BCUT2D eigenvalue weighted by atomic mass is 10.2. The predicted octanol–water partition coefficient (Wildman–Crippen LogP) is 1.72. The van der Waals surface area contributed by atoms with E-state index in [-0.39, 0.29) is 0 Å². The van der Waals surface area contributed by atoms with Crippen molar-refractivity contribution in [3.8, 4) is 5.75 Å². The third kappa shape index (κ3) is 3.13. The molecule has 3 N–H and O–H groups in total. The fourth-order valence-electron chi connectivity index (χ4n) is 1.24. The number of carbonyl (C=O) groups excluding carboxylic acids is 1. The zero-order valence-electron chi connectivity index (χ0n) is 9.45. The Morgan fingerprint density at radius 1 is 1.50 bits per heavy atom. The van der Waals surface area contributed by atoms with Gasteiger partial charge in [-0.3, -0.25) is 5.32 Å². The van der Waals surface area contributed by atoms with Crippen LogP contribution in [0, 0.1) is 0 Å². The molecule has 16 heavy (non-hydrogen) atoms. The van der Waals surface area contributed by atoms with E-state index in [1.54, 1.807) is 19.1 Å². The molecule has 0 aliphatic rings. The second-order valence-corrected chi connectivity index (χ2v) is 3.08. The number of carbonyl (C=O) groups is 1. The molecule has 0 atom stereocenters. The van der Waals surface area contributed by atoms with Crippen LogP contribution in [0.4, 0.5) is 10.5 Å². The highest BCUT2D eigenvalue weighted by Gasteiger charge is 2.08. The Morgan fingerprint density at radius 3 is 2.81 bits per heavy atom. The van der Waals surface area contributed by atoms with E-state index in [9.17, 15) is 4.79 Å². The predicted molar refractivity (Wildman–Crippen MR) is 61.5 cm³/mol. The van der Waals surface area contributed by atoms with Gasteiger partial charge >= 0.3 is 6.09 Å². The van der Waals surface area contributed by atoms with E-state index < -0.39 is 6.09 Å². The molecule has 0 aliphatic carbocycles. The van der Waals surface area contributed by atoms with Crippen molar-refractivity contribution in [3.63, 3.8) is 0 Å². The summed E-state index contributed by atoms with van der Waals surface area (Å²) in [5.41, 5.74) is 7.01. The Bertz CT molecular complexity index is 366. The fourth-order valence-corrected chi connectivity index (χ4v) is 1.24. The number of methoxy groups -OCH3 is 1. The molecule has 0 aromatic heterocycles. The van der Waals surface area contributed by atoms with E-state index in [2.05, 4.69) is 5.32 Å². The molecule has 1 rings (SSSR count). The Morgan fingerprint density at radius 2 is 2.25 bits per heavy atom. The zero-order chi connectivity index (χ0) is 12.0. The van der Waals surface area contributed by atoms with Crippen LogP contribution < -0.4 is 15.8 Å². The summed E-state index contributed by atoms with van der Waals surface area (Å²) in [7, 11) is 1.53. The normalized spacial score (nSPS) is 9.69. The van der Waals surface area contributed by atoms with Gasteiger partial charge in [0.25, 0.3) is 0 Å². The summed E-state index contributed by atoms with van der Waals surface area (Å²) in [6.45, 7) is 2.50. The van der Waals surface area contributed by atoms with Crippen molar-refractivity contribution in [2.24, 2.45) is 5.73 Å². The highest BCUT2D eigenvalue weighted by Crippen LogP contribution is 2.25. The van der Waals surface area contributed by atoms with Crippen molar-refractivity contribution in [1.82, 2.24) is 0 Å². The first-order chi connectivity index (χ1) is 7.71. The molecule has 0 saturated heterocycles. The van der Waals surface area contributed by atoms with Gasteiger partial charge < -0.3 is 15.2 Å². The molecule has 0 fully saturated rings. The van der Waals surface area contributed by atoms with Crippen molar-refractivity contribution >= 4 is 11.8 Å². The van der Waals surface area contributed by atoms with Crippen LogP contribution in [-0.2, 0) is 11.3 Å². The number of nitrogens with two attached hydrogens (primary N) is 1. The van der Waals surface area contributed by atoms with Gasteiger partial charge in [0.2, 0.25) is 0 Å². The molecule has 0 unspecified atom stereocenters. The van der Waals surface area contributed by atoms with Crippen molar-refractivity contribution in [2.45, 2.75) is 13.5 Å². The third-order valence-corrected chi connectivity index (χ3v) is 2.01. The summed E-state index contributed by atoms with van der Waals surface area (Å²) in [5, 5.41) is 2.59. The van der Waals surface area contributed by atoms with Gasteiger partial charge in [-0.05, 0) is 24.6 Å². The Kier molecular flexibility index (Phi) is 4.60. The standard InChI is InChI=1S/C11H16N2O3/c1-3-16-11(14)13-9-5-4-8(7-12)6-10(9)15-2/h4-6H,3,7,12H2,1-2H3,(H,13,14). The smallest absolute Gasteiger partial charge is 0.411 e. The first-order valence-corrected chi connectivity index (χ1v) is 5.02. The highest BCUT2D eigenvalue weighted by atomic mass is 16.5. The molecule has 1 aromatic rings. The molecule has 0 aliphatic heterocycles. The number of ether oxygens (including phenoxy) is 2. The third-order valence-electron chi connectivity index (χ3n) is 2.01.